The number of aliphatic hydroxyl groups is 1. The smallest absolute Gasteiger partial charge is 0.354 e. The first kappa shape index (κ1) is 10.1. The van der Waals surface area contributed by atoms with E-state index in [1.165, 1.54) is 6.33 Å². The molecule has 7 nitrogen and oxygen atoms in total. The van der Waals surface area contributed by atoms with Crippen molar-refractivity contribution in [2.75, 3.05) is 5.73 Å². The average Bonchev–Trinajstić information content (AvgIpc) is 2.45. The summed E-state index contributed by atoms with van der Waals surface area (Å²) >= 11 is 0. The normalized spacial score (nSPS) is 30.7. The summed E-state index contributed by atoms with van der Waals surface area (Å²) in [7, 11) is 0. The molecule has 2 rings (SSSR count). The molecule has 0 aliphatic carbocycles. The van der Waals surface area contributed by atoms with Gasteiger partial charge in [0.15, 0.2) is 6.23 Å². The quantitative estimate of drug-likeness (QED) is 0.611. The molecule has 15 heavy (non-hydrogen) atoms. The fraction of sp³-hybridized carbons (Fsp3) is 0.625. The minimum Gasteiger partial charge on any atom is -0.388 e. The van der Waals surface area contributed by atoms with Gasteiger partial charge in [0.25, 0.3) is 0 Å². The Morgan fingerprint density at radius 1 is 1.73 bits per heavy atom. The second-order valence-corrected chi connectivity index (χ2v) is 3.54. The van der Waals surface area contributed by atoms with Gasteiger partial charge in [-0.05, 0) is 6.92 Å². The molecule has 1 aromatic rings. The molecule has 2 heterocycles. The lowest BCUT2D eigenvalue weighted by atomic mass is 10.2. The van der Waals surface area contributed by atoms with Gasteiger partial charge in [0.1, 0.15) is 12.4 Å². The van der Waals surface area contributed by atoms with E-state index >= 15 is 0 Å². The van der Waals surface area contributed by atoms with E-state index in [9.17, 15) is 9.90 Å². The maximum atomic E-state index is 11.4. The molecule has 0 amide bonds. The number of hydrogen-bond donors (Lipinski definition) is 2. The van der Waals surface area contributed by atoms with Crippen molar-refractivity contribution >= 4 is 5.95 Å². The van der Waals surface area contributed by atoms with Gasteiger partial charge in [0, 0.05) is 6.42 Å². The van der Waals surface area contributed by atoms with Gasteiger partial charge in [-0.3, -0.25) is 4.57 Å². The standard InChI is InChI=1S/C8H12N4O3/c1-4-2-5(13)6(15-4)12-3-10-7(9)11-8(12)14/h3-6,13H,2H2,1H3,(H2,9,11,14). The lowest BCUT2D eigenvalue weighted by molar-refractivity contribution is -0.0354. The Hall–Kier alpha value is -1.47. The number of aliphatic hydroxyl groups excluding tert-OH is 1. The number of hydrogen-bond acceptors (Lipinski definition) is 6. The number of aromatic nitrogens is 3. The zero-order valence-corrected chi connectivity index (χ0v) is 8.20. The summed E-state index contributed by atoms with van der Waals surface area (Å²) in [5, 5.41) is 9.64. The summed E-state index contributed by atoms with van der Waals surface area (Å²) in [5.74, 6) is -0.0863. The van der Waals surface area contributed by atoms with Gasteiger partial charge in [-0.25, -0.2) is 9.78 Å². The summed E-state index contributed by atoms with van der Waals surface area (Å²) in [6, 6.07) is 0. The van der Waals surface area contributed by atoms with Crippen LogP contribution in [0.25, 0.3) is 0 Å². The van der Waals surface area contributed by atoms with Gasteiger partial charge >= 0.3 is 5.69 Å². The fourth-order valence-corrected chi connectivity index (χ4v) is 1.62. The van der Waals surface area contributed by atoms with E-state index in [2.05, 4.69) is 9.97 Å². The number of anilines is 1. The molecule has 0 saturated carbocycles. The highest BCUT2D eigenvalue weighted by molar-refractivity contribution is 5.09. The molecule has 1 aromatic heterocycles. The van der Waals surface area contributed by atoms with Crippen LogP contribution in [0.1, 0.15) is 19.6 Å². The van der Waals surface area contributed by atoms with E-state index in [4.69, 9.17) is 10.5 Å². The maximum absolute atomic E-state index is 11.4. The molecular weight excluding hydrogens is 200 g/mol. The minimum atomic E-state index is -0.718. The van der Waals surface area contributed by atoms with E-state index in [-0.39, 0.29) is 12.1 Å². The second kappa shape index (κ2) is 3.59. The second-order valence-electron chi connectivity index (χ2n) is 3.54. The molecule has 3 unspecified atom stereocenters. The number of nitrogens with zero attached hydrogens (tertiary/aromatic N) is 3. The number of nitrogens with two attached hydrogens (primary N) is 1. The highest BCUT2D eigenvalue weighted by Crippen LogP contribution is 2.26. The van der Waals surface area contributed by atoms with Crippen molar-refractivity contribution in [3.8, 4) is 0 Å². The average molecular weight is 212 g/mol. The molecule has 3 atom stereocenters. The number of rotatable bonds is 1. The highest BCUT2D eigenvalue weighted by atomic mass is 16.5. The fourth-order valence-electron chi connectivity index (χ4n) is 1.62. The molecule has 3 N–H and O–H groups in total. The third-order valence-corrected chi connectivity index (χ3v) is 2.29. The van der Waals surface area contributed by atoms with Crippen LogP contribution in [-0.2, 0) is 4.74 Å². The predicted molar refractivity (Wildman–Crippen MR) is 50.9 cm³/mol. The molecule has 1 saturated heterocycles. The Morgan fingerprint density at radius 3 is 3.00 bits per heavy atom. The largest absolute Gasteiger partial charge is 0.388 e. The highest BCUT2D eigenvalue weighted by Gasteiger charge is 2.33. The Labute approximate surface area is 85.5 Å². The lowest BCUT2D eigenvalue weighted by Crippen LogP contribution is -2.32. The van der Waals surface area contributed by atoms with Crippen LogP contribution in [-0.4, -0.2) is 31.8 Å². The summed E-state index contributed by atoms with van der Waals surface area (Å²) < 4.78 is 6.52. The molecule has 82 valence electrons. The van der Waals surface area contributed by atoms with E-state index in [1.807, 2.05) is 6.92 Å². The van der Waals surface area contributed by atoms with Crippen LogP contribution in [0.3, 0.4) is 0 Å². The zero-order chi connectivity index (χ0) is 11.0. The first-order valence-corrected chi connectivity index (χ1v) is 4.62. The van der Waals surface area contributed by atoms with Crippen LogP contribution in [0, 0.1) is 0 Å². The third kappa shape index (κ3) is 1.83. The van der Waals surface area contributed by atoms with Crippen LogP contribution >= 0.6 is 0 Å². The van der Waals surface area contributed by atoms with Crippen molar-refractivity contribution in [2.24, 2.45) is 0 Å². The van der Waals surface area contributed by atoms with E-state index in [0.29, 0.717) is 6.42 Å². The van der Waals surface area contributed by atoms with Gasteiger partial charge in [0.05, 0.1) is 6.10 Å². The SMILES string of the molecule is CC1CC(O)C(n2cnc(N)nc2=O)O1. The van der Waals surface area contributed by atoms with Crippen molar-refractivity contribution in [1.29, 1.82) is 0 Å². The van der Waals surface area contributed by atoms with Crippen molar-refractivity contribution in [1.82, 2.24) is 14.5 Å². The van der Waals surface area contributed by atoms with Crippen LogP contribution < -0.4 is 11.4 Å². The monoisotopic (exact) mass is 212 g/mol. The Bertz CT molecular complexity index is 419. The van der Waals surface area contributed by atoms with E-state index < -0.39 is 18.0 Å². The molecule has 0 aromatic carbocycles. The molecule has 0 bridgehead atoms. The summed E-state index contributed by atoms with van der Waals surface area (Å²) in [6.45, 7) is 1.83. The summed E-state index contributed by atoms with van der Waals surface area (Å²) in [5.41, 5.74) is 4.68. The maximum Gasteiger partial charge on any atom is 0.354 e. The Balaban J connectivity index is 2.34. The first-order valence-electron chi connectivity index (χ1n) is 4.62. The van der Waals surface area contributed by atoms with Crippen LogP contribution in [0.2, 0.25) is 0 Å². The van der Waals surface area contributed by atoms with Crippen molar-refractivity contribution in [3.05, 3.63) is 16.8 Å². The van der Waals surface area contributed by atoms with Gasteiger partial charge in [-0.2, -0.15) is 4.98 Å². The molecule has 0 spiro atoms. The number of ether oxygens (including phenoxy) is 1. The van der Waals surface area contributed by atoms with Gasteiger partial charge in [-0.15, -0.1) is 0 Å². The molecule has 1 aliphatic heterocycles. The molecule has 1 fully saturated rings. The van der Waals surface area contributed by atoms with Crippen molar-refractivity contribution in [3.63, 3.8) is 0 Å². The van der Waals surface area contributed by atoms with Gasteiger partial charge < -0.3 is 15.6 Å². The molecule has 1 aliphatic rings. The van der Waals surface area contributed by atoms with E-state index in [1.54, 1.807) is 0 Å². The minimum absolute atomic E-state index is 0.0863. The van der Waals surface area contributed by atoms with Crippen molar-refractivity contribution in [2.45, 2.75) is 31.8 Å². The Kier molecular flexibility index (Phi) is 2.41. The Morgan fingerprint density at radius 2 is 2.47 bits per heavy atom. The zero-order valence-electron chi connectivity index (χ0n) is 8.20. The summed E-state index contributed by atoms with van der Waals surface area (Å²) in [4.78, 5) is 18.6. The first-order chi connectivity index (χ1) is 7.08. The predicted octanol–water partition coefficient (Wildman–Crippen LogP) is -1.11. The van der Waals surface area contributed by atoms with Gasteiger partial charge in [-0.1, -0.05) is 0 Å². The van der Waals surface area contributed by atoms with Crippen LogP contribution in [0.15, 0.2) is 11.1 Å². The third-order valence-electron chi connectivity index (χ3n) is 2.29. The molecular formula is C8H12N4O3. The lowest BCUT2D eigenvalue weighted by Gasteiger charge is -2.15. The molecule has 0 radical (unpaired) electrons. The van der Waals surface area contributed by atoms with Crippen LogP contribution in [0.4, 0.5) is 5.95 Å². The number of nitrogen functional groups attached to an aromatic ring is 1. The van der Waals surface area contributed by atoms with E-state index in [0.717, 1.165) is 4.57 Å². The topological polar surface area (TPSA) is 103 Å². The van der Waals surface area contributed by atoms with Crippen LogP contribution in [0.5, 0.6) is 0 Å². The summed E-state index contributed by atoms with van der Waals surface area (Å²) in [6.07, 6.45) is 0.199. The molecule has 7 heteroatoms. The van der Waals surface area contributed by atoms with Crippen molar-refractivity contribution < 1.29 is 9.84 Å². The van der Waals surface area contributed by atoms with Gasteiger partial charge in [0.2, 0.25) is 5.95 Å².